The second-order valence-corrected chi connectivity index (χ2v) is 4.16. The highest BCUT2D eigenvalue weighted by molar-refractivity contribution is 5.91. The smallest absolute Gasteiger partial charge is 0.339 e. The first-order valence-corrected chi connectivity index (χ1v) is 5.73. The van der Waals surface area contributed by atoms with E-state index >= 15 is 0 Å². The number of rotatable bonds is 4. The van der Waals surface area contributed by atoms with Crippen LogP contribution in [0.15, 0.2) is 42.5 Å². The number of hydrogen-bond acceptors (Lipinski definition) is 4. The molecule has 6 heteroatoms. The first-order valence-electron chi connectivity index (χ1n) is 5.73. The predicted octanol–water partition coefficient (Wildman–Crippen LogP) is 3.39. The van der Waals surface area contributed by atoms with Gasteiger partial charge in [-0.2, -0.15) is 0 Å². The largest absolute Gasteiger partial charge is 0.478 e. The molecule has 0 heterocycles. The molecule has 0 unspecified atom stereocenters. The molecule has 1 N–H and O–H groups in total. The van der Waals surface area contributed by atoms with Crippen LogP contribution in [0.5, 0.6) is 11.5 Å². The molecule has 2 aromatic carbocycles. The molecule has 0 fully saturated rings. The van der Waals surface area contributed by atoms with E-state index in [1.54, 1.807) is 24.3 Å². The molecule has 0 saturated carbocycles. The average Bonchev–Trinajstić information content (AvgIpc) is 2.41. The minimum atomic E-state index is -1.21. The maximum Gasteiger partial charge on any atom is 0.339 e. The molecule has 0 bridgehead atoms. The SMILES string of the molecule is Cc1ccc(Oc2cc([N+](=O)[O-])ccc2C(=O)O)cc1. The summed E-state index contributed by atoms with van der Waals surface area (Å²) in [4.78, 5) is 21.2. The minimum absolute atomic E-state index is 0.0597. The molecule has 2 rings (SSSR count). The summed E-state index contributed by atoms with van der Waals surface area (Å²) < 4.78 is 5.43. The molecule has 2 aromatic rings. The molecule has 0 aliphatic carbocycles. The third kappa shape index (κ3) is 2.92. The van der Waals surface area contributed by atoms with Crippen LogP contribution in [0, 0.1) is 17.0 Å². The van der Waals surface area contributed by atoms with Crippen LogP contribution in [0.2, 0.25) is 0 Å². The Balaban J connectivity index is 2.41. The molecule has 6 nitrogen and oxygen atoms in total. The summed E-state index contributed by atoms with van der Waals surface area (Å²) >= 11 is 0. The first kappa shape index (κ1) is 13.5. The molecule has 0 saturated heterocycles. The van der Waals surface area contributed by atoms with Gasteiger partial charge >= 0.3 is 5.97 Å². The zero-order valence-electron chi connectivity index (χ0n) is 10.6. The third-order valence-electron chi connectivity index (χ3n) is 2.66. The van der Waals surface area contributed by atoms with Gasteiger partial charge in [0.25, 0.3) is 5.69 Å². The van der Waals surface area contributed by atoms with Gasteiger partial charge in [-0.15, -0.1) is 0 Å². The van der Waals surface area contributed by atoms with Crippen molar-refractivity contribution in [2.45, 2.75) is 6.92 Å². The maximum atomic E-state index is 11.1. The Morgan fingerprint density at radius 2 is 1.85 bits per heavy atom. The van der Waals surface area contributed by atoms with Crippen LogP contribution in [0.4, 0.5) is 5.69 Å². The quantitative estimate of drug-likeness (QED) is 0.681. The Morgan fingerprint density at radius 3 is 2.40 bits per heavy atom. The summed E-state index contributed by atoms with van der Waals surface area (Å²) in [5, 5.41) is 19.8. The number of non-ortho nitro benzene ring substituents is 1. The van der Waals surface area contributed by atoms with Crippen LogP contribution >= 0.6 is 0 Å². The van der Waals surface area contributed by atoms with Crippen molar-refractivity contribution >= 4 is 11.7 Å². The van der Waals surface area contributed by atoms with E-state index in [1.165, 1.54) is 0 Å². The van der Waals surface area contributed by atoms with E-state index in [1.807, 2.05) is 6.92 Å². The van der Waals surface area contributed by atoms with E-state index in [0.717, 1.165) is 23.8 Å². The zero-order chi connectivity index (χ0) is 14.7. The van der Waals surface area contributed by atoms with Gasteiger partial charge in [0.15, 0.2) is 0 Å². The molecule has 0 aliphatic heterocycles. The van der Waals surface area contributed by atoms with E-state index in [4.69, 9.17) is 9.84 Å². The number of carboxylic acid groups (broad SMARTS) is 1. The lowest BCUT2D eigenvalue weighted by Gasteiger charge is -2.08. The van der Waals surface area contributed by atoms with Crippen molar-refractivity contribution in [3.63, 3.8) is 0 Å². The number of benzene rings is 2. The van der Waals surface area contributed by atoms with Crippen LogP contribution in [-0.2, 0) is 0 Å². The molecule has 0 atom stereocenters. The molecular weight excluding hydrogens is 262 g/mol. The fourth-order valence-electron chi connectivity index (χ4n) is 1.62. The lowest BCUT2D eigenvalue weighted by atomic mass is 10.2. The number of aryl methyl sites for hydroxylation is 1. The standard InChI is InChI=1S/C14H11NO5/c1-9-2-5-11(6-3-9)20-13-8-10(15(18)19)4-7-12(13)14(16)17/h2-8H,1H3,(H,16,17). The van der Waals surface area contributed by atoms with E-state index in [2.05, 4.69) is 0 Å². The highest BCUT2D eigenvalue weighted by Crippen LogP contribution is 2.29. The van der Waals surface area contributed by atoms with E-state index in [-0.39, 0.29) is 17.0 Å². The fourth-order valence-corrected chi connectivity index (χ4v) is 1.62. The van der Waals surface area contributed by atoms with E-state index in [9.17, 15) is 14.9 Å². The van der Waals surface area contributed by atoms with E-state index < -0.39 is 10.9 Å². The van der Waals surface area contributed by atoms with Crippen LogP contribution < -0.4 is 4.74 Å². The number of aromatic carboxylic acids is 1. The van der Waals surface area contributed by atoms with Crippen molar-refractivity contribution in [3.8, 4) is 11.5 Å². The molecule has 0 amide bonds. The second kappa shape index (κ2) is 5.40. The summed E-state index contributed by atoms with van der Waals surface area (Å²) in [6.45, 7) is 1.90. The van der Waals surface area contributed by atoms with Gasteiger partial charge in [0.2, 0.25) is 0 Å². The number of carbonyl (C=O) groups is 1. The zero-order valence-corrected chi connectivity index (χ0v) is 10.6. The Hall–Kier alpha value is -2.89. The molecule has 0 spiro atoms. The van der Waals surface area contributed by atoms with Crippen LogP contribution in [-0.4, -0.2) is 16.0 Å². The highest BCUT2D eigenvalue weighted by Gasteiger charge is 2.17. The Bertz CT molecular complexity index is 664. The Kier molecular flexibility index (Phi) is 3.65. The fraction of sp³-hybridized carbons (Fsp3) is 0.0714. The highest BCUT2D eigenvalue weighted by atomic mass is 16.6. The number of ether oxygens (including phenoxy) is 1. The minimum Gasteiger partial charge on any atom is -0.478 e. The molecule has 20 heavy (non-hydrogen) atoms. The average molecular weight is 273 g/mol. The number of carboxylic acids is 1. The first-order chi connectivity index (χ1) is 9.47. The van der Waals surface area contributed by atoms with E-state index in [0.29, 0.717) is 5.75 Å². The van der Waals surface area contributed by atoms with Gasteiger partial charge in [0, 0.05) is 6.07 Å². The van der Waals surface area contributed by atoms with Crippen LogP contribution in [0.3, 0.4) is 0 Å². The van der Waals surface area contributed by atoms with Gasteiger partial charge < -0.3 is 9.84 Å². The molecule has 102 valence electrons. The summed E-state index contributed by atoms with van der Waals surface area (Å²) in [6, 6.07) is 10.3. The normalized spacial score (nSPS) is 10.1. The predicted molar refractivity (Wildman–Crippen MR) is 71.3 cm³/mol. The number of nitro benzene ring substituents is 1. The van der Waals surface area contributed by atoms with Crippen molar-refractivity contribution < 1.29 is 19.6 Å². The monoisotopic (exact) mass is 273 g/mol. The Morgan fingerprint density at radius 1 is 1.20 bits per heavy atom. The van der Waals surface area contributed by atoms with Gasteiger partial charge in [-0.25, -0.2) is 4.79 Å². The van der Waals surface area contributed by atoms with Crippen molar-refractivity contribution in [1.82, 2.24) is 0 Å². The lowest BCUT2D eigenvalue weighted by molar-refractivity contribution is -0.384. The topological polar surface area (TPSA) is 89.7 Å². The summed E-state index contributed by atoms with van der Waals surface area (Å²) in [5.74, 6) is -0.851. The van der Waals surface area contributed by atoms with Crippen LogP contribution in [0.1, 0.15) is 15.9 Å². The van der Waals surface area contributed by atoms with Crippen LogP contribution in [0.25, 0.3) is 0 Å². The van der Waals surface area contributed by atoms with Crippen molar-refractivity contribution in [3.05, 3.63) is 63.7 Å². The maximum absolute atomic E-state index is 11.1. The van der Waals surface area contributed by atoms with Gasteiger partial charge in [0.1, 0.15) is 17.1 Å². The summed E-state index contributed by atoms with van der Waals surface area (Å²) in [7, 11) is 0. The molecule has 0 aliphatic rings. The number of nitro groups is 1. The number of nitrogens with zero attached hydrogens (tertiary/aromatic N) is 1. The summed E-state index contributed by atoms with van der Waals surface area (Å²) in [6.07, 6.45) is 0. The lowest BCUT2D eigenvalue weighted by Crippen LogP contribution is -2.01. The second-order valence-electron chi connectivity index (χ2n) is 4.16. The Labute approximate surface area is 114 Å². The van der Waals surface area contributed by atoms with Crippen molar-refractivity contribution in [1.29, 1.82) is 0 Å². The molecule has 0 aromatic heterocycles. The van der Waals surface area contributed by atoms with Gasteiger partial charge in [-0.3, -0.25) is 10.1 Å². The van der Waals surface area contributed by atoms with Gasteiger partial charge in [-0.05, 0) is 25.1 Å². The summed E-state index contributed by atoms with van der Waals surface area (Å²) in [5.41, 5.74) is 0.670. The molecule has 0 radical (unpaired) electrons. The van der Waals surface area contributed by atoms with Crippen molar-refractivity contribution in [2.75, 3.05) is 0 Å². The van der Waals surface area contributed by atoms with Gasteiger partial charge in [0.05, 0.1) is 11.0 Å². The van der Waals surface area contributed by atoms with Crippen molar-refractivity contribution in [2.24, 2.45) is 0 Å². The number of hydrogen-bond donors (Lipinski definition) is 1. The molecular formula is C14H11NO5. The van der Waals surface area contributed by atoms with Gasteiger partial charge in [-0.1, -0.05) is 17.7 Å². The third-order valence-corrected chi connectivity index (χ3v) is 2.66.